The quantitative estimate of drug-likeness (QED) is 0.182. The van der Waals surface area contributed by atoms with E-state index in [0.717, 1.165) is 56.1 Å². The van der Waals surface area contributed by atoms with Gasteiger partial charge in [0.1, 0.15) is 17.6 Å². The van der Waals surface area contributed by atoms with Gasteiger partial charge in [-0.15, -0.1) is 0 Å². The van der Waals surface area contributed by atoms with E-state index in [1.165, 1.54) is 0 Å². The van der Waals surface area contributed by atoms with Crippen LogP contribution in [0.3, 0.4) is 0 Å². The van der Waals surface area contributed by atoms with Gasteiger partial charge in [-0.2, -0.15) is 0 Å². The molecule has 9 rings (SSSR count). The Labute approximate surface area is 332 Å². The van der Waals surface area contributed by atoms with Gasteiger partial charge < -0.3 is 33.7 Å². The van der Waals surface area contributed by atoms with E-state index >= 15 is 0 Å². The molecule has 0 aliphatic heterocycles. The summed E-state index contributed by atoms with van der Waals surface area (Å²) in [4.78, 5) is 31.1. The number of aliphatic hydroxyl groups is 2. The van der Waals surface area contributed by atoms with Gasteiger partial charge in [0, 0.05) is 33.4 Å². The molecule has 0 radical (unpaired) electrons. The van der Waals surface area contributed by atoms with Crippen molar-refractivity contribution in [2.45, 2.75) is 123 Å². The average Bonchev–Trinajstić information content (AvgIpc) is 3.80. The first-order chi connectivity index (χ1) is 26.6. The molecule has 0 saturated heterocycles. The molecular formula is C47H63NO8. The van der Waals surface area contributed by atoms with E-state index in [4.69, 9.17) is 18.6 Å². The van der Waals surface area contributed by atoms with E-state index in [0.29, 0.717) is 48.4 Å². The van der Waals surface area contributed by atoms with Gasteiger partial charge in [-0.3, -0.25) is 4.79 Å². The maximum atomic E-state index is 14.7. The summed E-state index contributed by atoms with van der Waals surface area (Å²) < 4.78 is 23.6. The predicted molar refractivity (Wildman–Crippen MR) is 213 cm³/mol. The fourth-order valence-electron chi connectivity index (χ4n) is 13.3. The zero-order chi connectivity index (χ0) is 39.8. The summed E-state index contributed by atoms with van der Waals surface area (Å²) >= 11 is 0. The fourth-order valence-corrected chi connectivity index (χ4v) is 13.3. The highest BCUT2D eigenvalue weighted by molar-refractivity contribution is 6.08. The van der Waals surface area contributed by atoms with Crippen LogP contribution in [0.25, 0.3) is 0 Å². The van der Waals surface area contributed by atoms with Crippen LogP contribution in [0.5, 0.6) is 11.5 Å². The van der Waals surface area contributed by atoms with Crippen molar-refractivity contribution in [1.29, 1.82) is 0 Å². The highest BCUT2D eigenvalue weighted by atomic mass is 16.6. The Hall–Kier alpha value is -3.56. The average molecular weight is 770 g/mol. The number of hydrogen-bond acceptors (Lipinski definition) is 8. The van der Waals surface area contributed by atoms with Crippen LogP contribution >= 0.6 is 0 Å². The molecule has 4 saturated carbocycles. The molecule has 2 bridgehead atoms. The smallest absolute Gasteiger partial charge is 0.410 e. The Kier molecular flexibility index (Phi) is 9.87. The minimum Gasteiger partial charge on any atom is -0.497 e. The largest absolute Gasteiger partial charge is 0.497 e. The molecule has 1 aromatic heterocycles. The minimum atomic E-state index is -1.27. The molecule has 1 amide bonds. The molecule has 1 unspecified atom stereocenters. The molecule has 2 N–H and O–H groups in total. The van der Waals surface area contributed by atoms with Crippen LogP contribution in [0.2, 0.25) is 0 Å². The standard InChI is InChI=1S/C47H63NO8/c1-29(2)34-13-10-30(3)23-38(34)56-42(51)48(27-31-11-12-33(53-6)24-37(31)54-7)28-46(52)19-16-40-44(46,5)18-15-39-43(4)17-14-32(49)25-45(43)20-21-47(39,40)35(26-45)41(50)36-9-8-22-55-36/h8-9,11-12,20-22,24,26,29-30,32,34,38-40,49,52H,10,13-19,23,25,27-28H2,1-7H3/t30-,32?,34+,38-,39+,40+,43+,44-,45-,46+,47+/m0/s1. The zero-order valence-electron chi connectivity index (χ0n) is 34.5. The summed E-state index contributed by atoms with van der Waals surface area (Å²) in [6.45, 7) is 11.5. The molecule has 7 aliphatic rings. The van der Waals surface area contributed by atoms with Gasteiger partial charge in [-0.05, 0) is 117 Å². The maximum absolute atomic E-state index is 14.7. The second-order valence-electron chi connectivity index (χ2n) is 19.4. The number of benzene rings is 1. The number of nitrogens with zero attached hydrogens (tertiary/aromatic N) is 1. The number of methoxy groups -OCH3 is 2. The van der Waals surface area contributed by atoms with Crippen LogP contribution in [0, 0.1) is 51.2 Å². The molecule has 56 heavy (non-hydrogen) atoms. The molecule has 1 aromatic carbocycles. The van der Waals surface area contributed by atoms with E-state index in [9.17, 15) is 19.8 Å². The van der Waals surface area contributed by atoms with Gasteiger partial charge in [0.25, 0.3) is 0 Å². The summed E-state index contributed by atoms with van der Waals surface area (Å²) in [6, 6.07) is 9.12. The van der Waals surface area contributed by atoms with Crippen molar-refractivity contribution in [2.24, 2.45) is 51.2 Å². The van der Waals surface area contributed by atoms with Crippen molar-refractivity contribution < 1.29 is 38.4 Å². The lowest BCUT2D eigenvalue weighted by atomic mass is 9.32. The number of carbonyl (C=O) groups is 2. The number of aliphatic hydroxyl groups excluding tert-OH is 1. The Morgan fingerprint density at radius 3 is 2.43 bits per heavy atom. The molecule has 7 aliphatic carbocycles. The van der Waals surface area contributed by atoms with Crippen molar-refractivity contribution in [3.63, 3.8) is 0 Å². The number of amides is 1. The SMILES string of the molecule is COc1ccc(CN(C[C@]2(O)CC[C@H]3[C@]45C=C[C@@]6(C=C4C(=O)c4ccco4)CC(O)CC[C@]6(C)[C@H]5CC[C@@]32C)C(=O)O[C@H]2C[C@@H](C)CC[C@@H]2C(C)C)c(OC)c1. The van der Waals surface area contributed by atoms with Crippen molar-refractivity contribution in [3.8, 4) is 11.5 Å². The number of allylic oxidation sites excluding steroid dienone is 4. The lowest BCUT2D eigenvalue weighted by molar-refractivity contribution is -0.176. The highest BCUT2D eigenvalue weighted by Gasteiger charge is 2.74. The van der Waals surface area contributed by atoms with Crippen molar-refractivity contribution >= 4 is 11.9 Å². The lowest BCUT2D eigenvalue weighted by Crippen LogP contribution is -2.67. The van der Waals surface area contributed by atoms with Crippen molar-refractivity contribution in [3.05, 3.63) is 71.7 Å². The third-order valence-electron chi connectivity index (χ3n) is 16.5. The van der Waals surface area contributed by atoms with Gasteiger partial charge in [-0.1, -0.05) is 59.3 Å². The fraction of sp³-hybridized carbons (Fsp3) is 0.660. The van der Waals surface area contributed by atoms with Crippen LogP contribution in [0.15, 0.2) is 64.8 Å². The Bertz CT molecular complexity index is 1890. The summed E-state index contributed by atoms with van der Waals surface area (Å²) in [7, 11) is 3.23. The number of hydrogen-bond donors (Lipinski definition) is 2. The predicted octanol–water partition coefficient (Wildman–Crippen LogP) is 9.17. The summed E-state index contributed by atoms with van der Waals surface area (Å²) in [5, 5.41) is 24.3. The van der Waals surface area contributed by atoms with Crippen LogP contribution in [0.1, 0.15) is 115 Å². The highest BCUT2D eigenvalue weighted by Crippen LogP contribution is 2.78. The second-order valence-corrected chi connectivity index (χ2v) is 19.4. The molecule has 11 atom stereocenters. The molecular weight excluding hydrogens is 707 g/mol. The first-order valence-electron chi connectivity index (χ1n) is 21.2. The number of carbonyl (C=O) groups excluding carboxylic acids is 2. The normalized spacial score (nSPS) is 39.6. The van der Waals surface area contributed by atoms with Crippen LogP contribution in [0.4, 0.5) is 4.79 Å². The summed E-state index contributed by atoms with van der Waals surface area (Å²) in [5.74, 6) is 2.66. The second kappa shape index (κ2) is 14.1. The Morgan fingerprint density at radius 1 is 0.964 bits per heavy atom. The maximum Gasteiger partial charge on any atom is 0.410 e. The molecule has 304 valence electrons. The van der Waals surface area contributed by atoms with E-state index < -0.39 is 34.0 Å². The number of ether oxygens (including phenoxy) is 3. The van der Waals surface area contributed by atoms with Crippen molar-refractivity contribution in [1.82, 2.24) is 4.90 Å². The summed E-state index contributed by atoms with van der Waals surface area (Å²) in [6.07, 6.45) is 15.3. The van der Waals surface area contributed by atoms with Gasteiger partial charge in [0.2, 0.25) is 5.78 Å². The Balaban J connectivity index is 1.17. The van der Waals surface area contributed by atoms with Crippen LogP contribution in [-0.2, 0) is 11.3 Å². The Morgan fingerprint density at radius 2 is 1.71 bits per heavy atom. The molecule has 9 heteroatoms. The van der Waals surface area contributed by atoms with Crippen LogP contribution in [-0.4, -0.2) is 65.6 Å². The molecule has 9 nitrogen and oxygen atoms in total. The molecule has 1 heterocycles. The van der Waals surface area contributed by atoms with Gasteiger partial charge in [-0.25, -0.2) is 4.79 Å². The number of furan rings is 1. The lowest BCUT2D eigenvalue weighted by Gasteiger charge is -2.71. The number of rotatable bonds is 10. The molecule has 2 spiro atoms. The number of ketones is 1. The molecule has 2 aromatic rings. The third-order valence-corrected chi connectivity index (χ3v) is 16.5. The minimum absolute atomic E-state index is 0.0694. The first kappa shape index (κ1) is 39.3. The van der Waals surface area contributed by atoms with E-state index in [1.54, 1.807) is 37.5 Å². The number of Topliss-reactive ketones (excluding diaryl/α,β-unsaturated/α-hetero) is 1. The van der Waals surface area contributed by atoms with Crippen LogP contribution < -0.4 is 9.47 Å². The van der Waals surface area contributed by atoms with Gasteiger partial charge >= 0.3 is 6.09 Å². The monoisotopic (exact) mass is 769 g/mol. The molecule has 4 fully saturated rings. The number of fused-ring (bicyclic) bond motifs is 1. The van der Waals surface area contributed by atoms with Crippen molar-refractivity contribution in [2.75, 3.05) is 20.8 Å². The third kappa shape index (κ3) is 5.83. The van der Waals surface area contributed by atoms with Gasteiger partial charge in [0.15, 0.2) is 5.76 Å². The van der Waals surface area contributed by atoms with E-state index in [2.05, 4.69) is 52.8 Å². The zero-order valence-corrected chi connectivity index (χ0v) is 34.5. The summed E-state index contributed by atoms with van der Waals surface area (Å²) in [5.41, 5.74) is -1.57. The van der Waals surface area contributed by atoms with E-state index in [-0.39, 0.29) is 48.1 Å². The first-order valence-corrected chi connectivity index (χ1v) is 21.2. The van der Waals surface area contributed by atoms with E-state index in [1.807, 2.05) is 18.2 Å². The topological polar surface area (TPSA) is 119 Å². The van der Waals surface area contributed by atoms with Gasteiger partial charge in [0.05, 0.1) is 45.3 Å².